The quantitative estimate of drug-likeness (QED) is 0.724. The van der Waals surface area contributed by atoms with Crippen LogP contribution in [-0.2, 0) is 6.42 Å². The van der Waals surface area contributed by atoms with E-state index in [1.165, 1.54) is 11.1 Å². The molecule has 4 rings (SSSR count). The van der Waals surface area contributed by atoms with Crippen LogP contribution >= 0.6 is 11.6 Å². The Balaban J connectivity index is 1.64. The fraction of sp³-hybridized carbons (Fsp3) is 0.235. The van der Waals surface area contributed by atoms with E-state index in [1.807, 2.05) is 13.0 Å². The second kappa shape index (κ2) is 4.78. The van der Waals surface area contributed by atoms with E-state index in [0.717, 1.165) is 40.4 Å². The van der Waals surface area contributed by atoms with Crippen LogP contribution in [0.15, 0.2) is 36.4 Å². The summed E-state index contributed by atoms with van der Waals surface area (Å²) in [6.07, 6.45) is 2.19. The molecule has 1 aromatic heterocycles. The molecule has 0 aliphatic heterocycles. The zero-order chi connectivity index (χ0) is 14.4. The standard InChI is InChI=1S/C17H16ClN3/c1-10-19-16-7-4-13(9-17(16)20-10)21-15-6-2-11-8-12(18)3-5-14(11)15/h3-5,7-9,15,21H,2,6H2,1H3,(H,19,20). The molecule has 1 aliphatic carbocycles. The molecular formula is C17H16ClN3. The van der Waals surface area contributed by atoms with Gasteiger partial charge in [-0.15, -0.1) is 0 Å². The highest BCUT2D eigenvalue weighted by Gasteiger charge is 2.22. The summed E-state index contributed by atoms with van der Waals surface area (Å²) in [6.45, 7) is 1.98. The Kier molecular flexibility index (Phi) is 2.89. The highest BCUT2D eigenvalue weighted by molar-refractivity contribution is 6.30. The van der Waals surface area contributed by atoms with Crippen LogP contribution < -0.4 is 5.32 Å². The molecule has 0 amide bonds. The number of aromatic amines is 1. The number of hydrogen-bond acceptors (Lipinski definition) is 2. The van der Waals surface area contributed by atoms with Crippen molar-refractivity contribution in [3.8, 4) is 0 Å². The minimum absolute atomic E-state index is 0.360. The number of rotatable bonds is 2. The van der Waals surface area contributed by atoms with E-state index < -0.39 is 0 Å². The number of fused-ring (bicyclic) bond motifs is 2. The van der Waals surface area contributed by atoms with E-state index in [9.17, 15) is 0 Å². The van der Waals surface area contributed by atoms with Gasteiger partial charge in [0.25, 0.3) is 0 Å². The number of benzene rings is 2. The predicted molar refractivity (Wildman–Crippen MR) is 87.0 cm³/mol. The van der Waals surface area contributed by atoms with Gasteiger partial charge in [0.1, 0.15) is 5.82 Å². The lowest BCUT2D eigenvalue weighted by Gasteiger charge is -2.15. The molecule has 2 N–H and O–H groups in total. The number of H-pyrrole nitrogens is 1. The van der Waals surface area contributed by atoms with Gasteiger partial charge in [-0.2, -0.15) is 0 Å². The number of imidazole rings is 1. The van der Waals surface area contributed by atoms with Gasteiger partial charge in [-0.25, -0.2) is 4.98 Å². The van der Waals surface area contributed by atoms with Crippen LogP contribution in [0.4, 0.5) is 5.69 Å². The van der Waals surface area contributed by atoms with E-state index >= 15 is 0 Å². The maximum Gasteiger partial charge on any atom is 0.104 e. The minimum Gasteiger partial charge on any atom is -0.378 e. The molecule has 3 aromatic rings. The van der Waals surface area contributed by atoms with Crippen LogP contribution in [0.25, 0.3) is 11.0 Å². The van der Waals surface area contributed by atoms with E-state index in [1.54, 1.807) is 0 Å². The van der Waals surface area contributed by atoms with Crippen molar-refractivity contribution >= 4 is 28.3 Å². The molecule has 1 atom stereocenters. The third kappa shape index (κ3) is 2.28. The van der Waals surface area contributed by atoms with Crippen LogP contribution in [-0.4, -0.2) is 9.97 Å². The molecule has 0 saturated heterocycles. The monoisotopic (exact) mass is 297 g/mol. The summed E-state index contributed by atoms with van der Waals surface area (Å²) >= 11 is 6.07. The van der Waals surface area contributed by atoms with Crippen LogP contribution in [0.1, 0.15) is 29.4 Å². The van der Waals surface area contributed by atoms with Crippen molar-refractivity contribution in [1.29, 1.82) is 0 Å². The van der Waals surface area contributed by atoms with Crippen molar-refractivity contribution in [1.82, 2.24) is 9.97 Å². The Morgan fingerprint density at radius 2 is 2.14 bits per heavy atom. The summed E-state index contributed by atoms with van der Waals surface area (Å²) in [7, 11) is 0. The lowest BCUT2D eigenvalue weighted by atomic mass is 10.1. The SMILES string of the molecule is Cc1nc2ccc(NC3CCc4cc(Cl)ccc43)cc2[nH]1. The maximum absolute atomic E-state index is 6.07. The third-order valence-corrected chi connectivity index (χ3v) is 4.36. The highest BCUT2D eigenvalue weighted by atomic mass is 35.5. The van der Waals surface area contributed by atoms with E-state index in [-0.39, 0.29) is 0 Å². The van der Waals surface area contributed by atoms with Crippen LogP contribution in [0.2, 0.25) is 5.02 Å². The van der Waals surface area contributed by atoms with Crippen molar-refractivity contribution in [2.45, 2.75) is 25.8 Å². The zero-order valence-electron chi connectivity index (χ0n) is 11.8. The predicted octanol–water partition coefficient (Wildman–Crippen LogP) is 4.62. The molecule has 1 unspecified atom stereocenters. The Bertz CT molecular complexity index is 822. The Labute approximate surface area is 128 Å². The molecular weight excluding hydrogens is 282 g/mol. The van der Waals surface area contributed by atoms with Gasteiger partial charge in [0.05, 0.1) is 17.1 Å². The van der Waals surface area contributed by atoms with Crippen molar-refractivity contribution in [2.75, 3.05) is 5.32 Å². The summed E-state index contributed by atoms with van der Waals surface area (Å²) in [6, 6.07) is 12.8. The fourth-order valence-corrected chi connectivity index (χ4v) is 3.36. The number of nitrogens with zero attached hydrogens (tertiary/aromatic N) is 1. The summed E-state index contributed by atoms with van der Waals surface area (Å²) in [5.41, 5.74) is 5.93. The molecule has 4 heteroatoms. The average molecular weight is 298 g/mol. The maximum atomic E-state index is 6.07. The summed E-state index contributed by atoms with van der Waals surface area (Å²) < 4.78 is 0. The van der Waals surface area contributed by atoms with Gasteiger partial charge in [-0.3, -0.25) is 0 Å². The molecule has 1 aliphatic rings. The lowest BCUT2D eigenvalue weighted by Crippen LogP contribution is -2.06. The molecule has 0 saturated carbocycles. The van der Waals surface area contributed by atoms with E-state index in [0.29, 0.717) is 6.04 Å². The van der Waals surface area contributed by atoms with Gasteiger partial charge in [-0.05, 0) is 61.2 Å². The topological polar surface area (TPSA) is 40.7 Å². The normalized spacial score (nSPS) is 17.1. The summed E-state index contributed by atoms with van der Waals surface area (Å²) in [5.74, 6) is 0.947. The summed E-state index contributed by atoms with van der Waals surface area (Å²) in [4.78, 5) is 7.72. The lowest BCUT2D eigenvalue weighted by molar-refractivity contribution is 0.762. The number of anilines is 1. The van der Waals surface area contributed by atoms with Crippen LogP contribution in [0.3, 0.4) is 0 Å². The molecule has 0 bridgehead atoms. The zero-order valence-corrected chi connectivity index (χ0v) is 12.5. The molecule has 2 aromatic carbocycles. The first-order valence-electron chi connectivity index (χ1n) is 7.20. The molecule has 3 nitrogen and oxygen atoms in total. The summed E-state index contributed by atoms with van der Waals surface area (Å²) in [5, 5.41) is 4.45. The first-order chi connectivity index (χ1) is 10.2. The number of nitrogens with one attached hydrogen (secondary N) is 2. The van der Waals surface area contributed by atoms with E-state index in [2.05, 4.69) is 45.6 Å². The Morgan fingerprint density at radius 1 is 1.24 bits per heavy atom. The van der Waals surface area contributed by atoms with Gasteiger partial charge in [0, 0.05) is 10.7 Å². The van der Waals surface area contributed by atoms with Crippen LogP contribution in [0.5, 0.6) is 0 Å². The fourth-order valence-electron chi connectivity index (χ4n) is 3.16. The smallest absolute Gasteiger partial charge is 0.104 e. The molecule has 1 heterocycles. The first-order valence-corrected chi connectivity index (χ1v) is 7.58. The molecule has 0 radical (unpaired) electrons. The Morgan fingerprint density at radius 3 is 3.05 bits per heavy atom. The van der Waals surface area contributed by atoms with E-state index in [4.69, 9.17) is 11.6 Å². The number of halogens is 1. The van der Waals surface area contributed by atoms with Crippen molar-refractivity contribution < 1.29 is 0 Å². The number of hydrogen-bond donors (Lipinski definition) is 2. The number of aryl methyl sites for hydroxylation is 2. The molecule has 106 valence electrons. The van der Waals surface area contributed by atoms with Crippen molar-refractivity contribution in [3.63, 3.8) is 0 Å². The molecule has 21 heavy (non-hydrogen) atoms. The second-order valence-electron chi connectivity index (χ2n) is 5.63. The first kappa shape index (κ1) is 12.7. The van der Waals surface area contributed by atoms with Gasteiger partial charge in [0.15, 0.2) is 0 Å². The highest BCUT2D eigenvalue weighted by Crippen LogP contribution is 2.35. The average Bonchev–Trinajstić information content (AvgIpc) is 3.01. The third-order valence-electron chi connectivity index (χ3n) is 4.12. The van der Waals surface area contributed by atoms with Crippen molar-refractivity contribution in [2.24, 2.45) is 0 Å². The molecule has 0 fully saturated rings. The van der Waals surface area contributed by atoms with Gasteiger partial charge in [-0.1, -0.05) is 17.7 Å². The molecule has 0 spiro atoms. The second-order valence-corrected chi connectivity index (χ2v) is 6.07. The van der Waals surface area contributed by atoms with Crippen molar-refractivity contribution in [3.05, 3.63) is 58.4 Å². The minimum atomic E-state index is 0.360. The van der Waals surface area contributed by atoms with Gasteiger partial charge >= 0.3 is 0 Å². The van der Waals surface area contributed by atoms with Crippen LogP contribution in [0, 0.1) is 6.92 Å². The number of aromatic nitrogens is 2. The van der Waals surface area contributed by atoms with Gasteiger partial charge in [0.2, 0.25) is 0 Å². The Hall–Kier alpha value is -2.00. The largest absolute Gasteiger partial charge is 0.378 e. The van der Waals surface area contributed by atoms with Gasteiger partial charge < -0.3 is 10.3 Å².